The number of benzene rings is 2. The number of carbonyl (C=O) groups is 2. The van der Waals surface area contributed by atoms with Crippen molar-refractivity contribution in [3.8, 4) is 0 Å². The van der Waals surface area contributed by atoms with Crippen molar-refractivity contribution in [3.63, 3.8) is 0 Å². The maximum atomic E-state index is 13.4. The minimum Gasteiger partial charge on any atom is -0.349 e. The highest BCUT2D eigenvalue weighted by Crippen LogP contribution is 2.27. The molecule has 7 heteroatoms. The second-order valence-electron chi connectivity index (χ2n) is 8.26. The van der Waals surface area contributed by atoms with Crippen molar-refractivity contribution in [1.82, 2.24) is 19.8 Å². The van der Waals surface area contributed by atoms with Crippen LogP contribution in [0.3, 0.4) is 0 Å². The fourth-order valence-electron chi connectivity index (χ4n) is 3.22. The summed E-state index contributed by atoms with van der Waals surface area (Å²) in [5.74, 6) is -0.566. The van der Waals surface area contributed by atoms with Crippen molar-refractivity contribution in [1.29, 1.82) is 0 Å². The lowest BCUT2D eigenvalue weighted by atomic mass is 9.99. The molecule has 156 valence electrons. The molecule has 0 saturated carbocycles. The van der Waals surface area contributed by atoms with Gasteiger partial charge in [-0.3, -0.25) is 9.59 Å². The van der Waals surface area contributed by atoms with Gasteiger partial charge in [-0.25, -0.2) is 0 Å². The Morgan fingerprint density at radius 1 is 1.10 bits per heavy atom. The van der Waals surface area contributed by atoms with Crippen LogP contribution in [-0.2, 0) is 11.3 Å². The van der Waals surface area contributed by atoms with Crippen LogP contribution < -0.4 is 5.32 Å². The number of rotatable bonds is 6. The van der Waals surface area contributed by atoms with Gasteiger partial charge in [-0.2, -0.15) is 0 Å². The number of hydrogen-bond donors (Lipinski definition) is 1. The summed E-state index contributed by atoms with van der Waals surface area (Å²) in [5.41, 5.74) is 2.49. The lowest BCUT2D eigenvalue weighted by Gasteiger charge is -2.33. The fourth-order valence-corrected chi connectivity index (χ4v) is 3.65. The average molecular weight is 423 g/mol. The zero-order valence-electron chi connectivity index (χ0n) is 17.6. The van der Waals surface area contributed by atoms with E-state index in [1.54, 1.807) is 10.3 Å². The molecule has 6 nitrogen and oxygen atoms in total. The SMILES string of the molecule is Cc1cccc(C(C(=O)NC(C)(C)C)N(Cc2ccccc2)C(=O)c2csnn2)c1. The second-order valence-corrected chi connectivity index (χ2v) is 8.87. The molecule has 0 saturated heterocycles. The minimum absolute atomic E-state index is 0.233. The Hall–Kier alpha value is -3.06. The van der Waals surface area contributed by atoms with Crippen LogP contribution in [0.25, 0.3) is 0 Å². The van der Waals surface area contributed by atoms with E-state index in [1.165, 1.54) is 0 Å². The van der Waals surface area contributed by atoms with Gasteiger partial charge in [0, 0.05) is 17.5 Å². The molecule has 2 aromatic carbocycles. The first-order valence-electron chi connectivity index (χ1n) is 9.75. The summed E-state index contributed by atoms with van der Waals surface area (Å²) >= 11 is 1.11. The Balaban J connectivity index is 2.09. The fraction of sp³-hybridized carbons (Fsp3) is 0.304. The zero-order chi connectivity index (χ0) is 21.7. The van der Waals surface area contributed by atoms with E-state index in [1.807, 2.05) is 82.3 Å². The van der Waals surface area contributed by atoms with Crippen molar-refractivity contribution >= 4 is 23.3 Å². The number of amides is 2. The van der Waals surface area contributed by atoms with E-state index >= 15 is 0 Å². The third kappa shape index (κ3) is 5.51. The predicted octanol–water partition coefficient (Wildman–Crippen LogP) is 4.14. The first-order valence-corrected chi connectivity index (χ1v) is 10.6. The summed E-state index contributed by atoms with van der Waals surface area (Å²) < 4.78 is 3.83. The second kappa shape index (κ2) is 9.17. The third-order valence-electron chi connectivity index (χ3n) is 4.45. The molecule has 3 aromatic rings. The number of carbonyl (C=O) groups excluding carboxylic acids is 2. The first kappa shape index (κ1) is 21.6. The van der Waals surface area contributed by atoms with E-state index in [9.17, 15) is 9.59 Å². The van der Waals surface area contributed by atoms with Crippen LogP contribution in [0.5, 0.6) is 0 Å². The molecular weight excluding hydrogens is 396 g/mol. The predicted molar refractivity (Wildman–Crippen MR) is 118 cm³/mol. The van der Waals surface area contributed by atoms with Gasteiger partial charge in [-0.15, -0.1) is 5.10 Å². The normalized spacial score (nSPS) is 12.3. The first-order chi connectivity index (χ1) is 14.2. The molecule has 0 fully saturated rings. The van der Waals surface area contributed by atoms with Crippen LogP contribution in [0.4, 0.5) is 0 Å². The molecule has 0 bridgehead atoms. The van der Waals surface area contributed by atoms with Gasteiger partial charge < -0.3 is 10.2 Å². The van der Waals surface area contributed by atoms with Crippen molar-refractivity contribution in [3.05, 3.63) is 82.4 Å². The van der Waals surface area contributed by atoms with Gasteiger partial charge in [0.05, 0.1) is 0 Å². The van der Waals surface area contributed by atoms with E-state index in [0.29, 0.717) is 0 Å². The molecule has 3 rings (SSSR count). The van der Waals surface area contributed by atoms with Gasteiger partial charge in [-0.1, -0.05) is 64.6 Å². The molecule has 0 aliphatic rings. The molecule has 1 unspecified atom stereocenters. The highest BCUT2D eigenvalue weighted by molar-refractivity contribution is 7.03. The molecule has 30 heavy (non-hydrogen) atoms. The van der Waals surface area contributed by atoms with E-state index < -0.39 is 11.6 Å². The Bertz CT molecular complexity index is 998. The topological polar surface area (TPSA) is 75.2 Å². The summed E-state index contributed by atoms with van der Waals surface area (Å²) in [4.78, 5) is 28.4. The lowest BCUT2D eigenvalue weighted by Crippen LogP contribution is -2.49. The van der Waals surface area contributed by atoms with Crippen LogP contribution in [0.15, 0.2) is 60.0 Å². The average Bonchev–Trinajstić information content (AvgIpc) is 3.21. The summed E-state index contributed by atoms with van der Waals surface area (Å²) in [6.07, 6.45) is 0. The van der Waals surface area contributed by atoms with Gasteiger partial charge in [0.25, 0.3) is 5.91 Å². The molecule has 0 spiro atoms. The number of nitrogens with one attached hydrogen (secondary N) is 1. The van der Waals surface area contributed by atoms with Crippen molar-refractivity contribution in [2.75, 3.05) is 0 Å². The lowest BCUT2D eigenvalue weighted by molar-refractivity contribution is -0.127. The maximum absolute atomic E-state index is 13.4. The standard InChI is InChI=1S/C23H26N4O2S/c1-16-9-8-12-18(13-16)20(21(28)24-23(2,3)4)27(14-17-10-6-5-7-11-17)22(29)19-15-30-26-25-19/h5-13,15,20H,14H2,1-4H3,(H,24,28). The smallest absolute Gasteiger partial charge is 0.276 e. The van der Waals surface area contributed by atoms with Gasteiger partial charge >= 0.3 is 0 Å². The Morgan fingerprint density at radius 2 is 1.83 bits per heavy atom. The van der Waals surface area contributed by atoms with Crippen molar-refractivity contribution in [2.45, 2.75) is 45.8 Å². The summed E-state index contributed by atoms with van der Waals surface area (Å²) in [6, 6.07) is 16.5. The Morgan fingerprint density at radius 3 is 2.43 bits per heavy atom. The summed E-state index contributed by atoms with van der Waals surface area (Å²) in [7, 11) is 0. The molecule has 1 aromatic heterocycles. The van der Waals surface area contributed by atoms with Crippen molar-refractivity contribution < 1.29 is 9.59 Å². The molecule has 1 atom stereocenters. The minimum atomic E-state index is -0.807. The monoisotopic (exact) mass is 422 g/mol. The zero-order valence-corrected chi connectivity index (χ0v) is 18.4. The van der Waals surface area contributed by atoms with E-state index in [0.717, 1.165) is 28.2 Å². The highest BCUT2D eigenvalue weighted by Gasteiger charge is 2.34. The quantitative estimate of drug-likeness (QED) is 0.648. The van der Waals surface area contributed by atoms with E-state index in [2.05, 4.69) is 14.9 Å². The van der Waals surface area contributed by atoms with E-state index in [4.69, 9.17) is 0 Å². The largest absolute Gasteiger partial charge is 0.349 e. The number of aromatic nitrogens is 2. The molecular formula is C23H26N4O2S. The maximum Gasteiger partial charge on any atom is 0.276 e. The molecule has 0 radical (unpaired) electrons. The van der Waals surface area contributed by atoms with Crippen LogP contribution in [0, 0.1) is 6.92 Å². The van der Waals surface area contributed by atoms with Gasteiger partial charge in [0.2, 0.25) is 5.91 Å². The Kier molecular flexibility index (Phi) is 6.62. The van der Waals surface area contributed by atoms with Gasteiger partial charge in [-0.05, 0) is 50.4 Å². The number of nitrogens with zero attached hydrogens (tertiary/aromatic N) is 3. The molecule has 0 aliphatic carbocycles. The van der Waals surface area contributed by atoms with Gasteiger partial charge in [0.15, 0.2) is 5.69 Å². The van der Waals surface area contributed by atoms with Crippen LogP contribution >= 0.6 is 11.5 Å². The summed E-state index contributed by atoms with van der Waals surface area (Å²) in [5, 5.41) is 8.60. The molecule has 0 aliphatic heterocycles. The molecule has 1 N–H and O–H groups in total. The highest BCUT2D eigenvalue weighted by atomic mass is 32.1. The summed E-state index contributed by atoms with van der Waals surface area (Å²) in [6.45, 7) is 8.01. The third-order valence-corrected chi connectivity index (χ3v) is 4.96. The van der Waals surface area contributed by atoms with Crippen LogP contribution in [0.2, 0.25) is 0 Å². The number of aryl methyl sites for hydroxylation is 1. The van der Waals surface area contributed by atoms with Crippen molar-refractivity contribution in [2.24, 2.45) is 0 Å². The van der Waals surface area contributed by atoms with E-state index in [-0.39, 0.29) is 24.1 Å². The Labute approximate surface area is 181 Å². The molecule has 2 amide bonds. The number of hydrogen-bond acceptors (Lipinski definition) is 5. The molecule has 1 heterocycles. The van der Waals surface area contributed by atoms with Gasteiger partial charge in [0.1, 0.15) is 6.04 Å². The van der Waals surface area contributed by atoms with Crippen LogP contribution in [0.1, 0.15) is 54.0 Å². The van der Waals surface area contributed by atoms with Crippen LogP contribution in [-0.4, -0.2) is 31.8 Å².